The van der Waals surface area contributed by atoms with Crippen molar-refractivity contribution in [3.63, 3.8) is 0 Å². The molecule has 0 atom stereocenters. The van der Waals surface area contributed by atoms with Crippen molar-refractivity contribution in [2.24, 2.45) is 0 Å². The van der Waals surface area contributed by atoms with Gasteiger partial charge in [0.05, 0.1) is 17.7 Å². The molecule has 0 radical (unpaired) electrons. The number of nitrogens with zero attached hydrogens (tertiary/aromatic N) is 1. The van der Waals surface area contributed by atoms with Gasteiger partial charge in [-0.1, -0.05) is 25.5 Å². The molecule has 2 rings (SSSR count). The second kappa shape index (κ2) is 6.55. The van der Waals surface area contributed by atoms with E-state index in [4.69, 9.17) is 0 Å². The highest BCUT2D eigenvalue weighted by molar-refractivity contribution is 7.09. The van der Waals surface area contributed by atoms with E-state index in [-0.39, 0.29) is 0 Å². The van der Waals surface area contributed by atoms with Gasteiger partial charge in [0, 0.05) is 10.6 Å². The molecule has 2 nitrogen and oxygen atoms in total. The van der Waals surface area contributed by atoms with Crippen molar-refractivity contribution in [3.8, 4) is 0 Å². The van der Waals surface area contributed by atoms with Crippen molar-refractivity contribution in [1.82, 2.24) is 4.98 Å². The summed E-state index contributed by atoms with van der Waals surface area (Å²) < 4.78 is 0. The molecule has 0 unspecified atom stereocenters. The van der Waals surface area contributed by atoms with E-state index in [1.807, 2.05) is 5.51 Å². The summed E-state index contributed by atoms with van der Waals surface area (Å²) in [5.41, 5.74) is 5.65. The second-order valence-electron chi connectivity index (χ2n) is 4.51. The molecule has 1 N–H and O–H groups in total. The first-order valence-corrected chi connectivity index (χ1v) is 7.39. The minimum atomic E-state index is 0.866. The van der Waals surface area contributed by atoms with Crippen LogP contribution < -0.4 is 5.32 Å². The highest BCUT2D eigenvalue weighted by atomic mass is 32.1. The van der Waals surface area contributed by atoms with Crippen molar-refractivity contribution in [3.05, 3.63) is 45.9 Å². The Labute approximate surface area is 113 Å². The predicted octanol–water partition coefficient (Wildman–Crippen LogP) is 4.41. The Kier molecular flexibility index (Phi) is 4.76. The Morgan fingerprint density at radius 3 is 2.61 bits per heavy atom. The third-order valence-corrected chi connectivity index (χ3v) is 4.01. The Balaban J connectivity index is 1.88. The fourth-order valence-corrected chi connectivity index (χ4v) is 2.57. The van der Waals surface area contributed by atoms with Gasteiger partial charge >= 0.3 is 0 Å². The molecule has 0 aliphatic carbocycles. The number of unbranched alkanes of at least 4 members (excludes halogenated alkanes) is 1. The largest absolute Gasteiger partial charge is 0.380 e. The van der Waals surface area contributed by atoms with E-state index >= 15 is 0 Å². The third kappa shape index (κ3) is 3.57. The lowest BCUT2D eigenvalue weighted by molar-refractivity contribution is 0.795. The van der Waals surface area contributed by atoms with Gasteiger partial charge in [-0.05, 0) is 37.5 Å². The average Bonchev–Trinajstić information content (AvgIpc) is 2.81. The van der Waals surface area contributed by atoms with Gasteiger partial charge < -0.3 is 5.32 Å². The first kappa shape index (κ1) is 13.1. The number of aromatic nitrogens is 1. The van der Waals surface area contributed by atoms with Gasteiger partial charge in [-0.3, -0.25) is 0 Å². The van der Waals surface area contributed by atoms with E-state index in [1.165, 1.54) is 35.4 Å². The summed E-state index contributed by atoms with van der Waals surface area (Å²) in [6, 6.07) is 8.78. The molecular weight excluding hydrogens is 240 g/mol. The Morgan fingerprint density at radius 2 is 2.00 bits per heavy atom. The van der Waals surface area contributed by atoms with Crippen LogP contribution in [-0.2, 0) is 13.0 Å². The minimum Gasteiger partial charge on any atom is -0.380 e. The zero-order chi connectivity index (χ0) is 12.8. The maximum atomic E-state index is 4.26. The van der Waals surface area contributed by atoms with Gasteiger partial charge in [-0.2, -0.15) is 0 Å². The maximum Gasteiger partial charge on any atom is 0.0798 e. The summed E-state index contributed by atoms with van der Waals surface area (Å²) in [5.74, 6) is 0. The maximum absolute atomic E-state index is 4.26. The molecule has 0 bridgehead atoms. The number of hydrogen-bond acceptors (Lipinski definition) is 3. The summed E-state index contributed by atoms with van der Waals surface area (Å²) in [4.78, 5) is 5.57. The Morgan fingerprint density at radius 1 is 1.22 bits per heavy atom. The molecule has 1 aromatic heterocycles. The second-order valence-corrected chi connectivity index (χ2v) is 5.45. The third-order valence-electron chi connectivity index (χ3n) is 3.07. The number of anilines is 1. The standard InChI is InChI=1S/C15H20N2S/c1-3-4-5-13-6-8-14(9-7-13)16-10-15-12(2)17-11-18-15/h6-9,11,16H,3-5,10H2,1-2H3. The molecule has 0 aliphatic heterocycles. The van der Waals surface area contributed by atoms with Crippen LogP contribution in [0.1, 0.15) is 35.9 Å². The normalized spacial score (nSPS) is 10.6. The number of benzene rings is 1. The monoisotopic (exact) mass is 260 g/mol. The quantitative estimate of drug-likeness (QED) is 0.832. The van der Waals surface area contributed by atoms with E-state index in [9.17, 15) is 0 Å². The SMILES string of the molecule is CCCCc1ccc(NCc2scnc2C)cc1. The molecule has 0 aliphatic rings. The van der Waals surface area contributed by atoms with Crippen LogP contribution in [0.2, 0.25) is 0 Å². The number of hydrogen-bond donors (Lipinski definition) is 1. The molecule has 0 fully saturated rings. The van der Waals surface area contributed by atoms with Crippen molar-refractivity contribution < 1.29 is 0 Å². The lowest BCUT2D eigenvalue weighted by Crippen LogP contribution is -1.99. The molecule has 0 spiro atoms. The van der Waals surface area contributed by atoms with Crippen LogP contribution in [0.3, 0.4) is 0 Å². The highest BCUT2D eigenvalue weighted by Crippen LogP contribution is 2.16. The van der Waals surface area contributed by atoms with Crippen molar-refractivity contribution in [2.45, 2.75) is 39.7 Å². The number of thiazole rings is 1. The first-order chi connectivity index (χ1) is 8.79. The fraction of sp³-hybridized carbons (Fsp3) is 0.400. The Bertz CT molecular complexity index is 473. The Hall–Kier alpha value is -1.35. The van der Waals surface area contributed by atoms with E-state index < -0.39 is 0 Å². The lowest BCUT2D eigenvalue weighted by Gasteiger charge is -2.06. The van der Waals surface area contributed by atoms with Crippen LogP contribution in [0.4, 0.5) is 5.69 Å². The molecule has 96 valence electrons. The van der Waals surface area contributed by atoms with Crippen molar-refractivity contribution >= 4 is 17.0 Å². The minimum absolute atomic E-state index is 0.866. The van der Waals surface area contributed by atoms with Crippen LogP contribution in [-0.4, -0.2) is 4.98 Å². The van der Waals surface area contributed by atoms with Gasteiger partial charge in [0.1, 0.15) is 0 Å². The molecule has 1 heterocycles. The van der Waals surface area contributed by atoms with Gasteiger partial charge in [0.2, 0.25) is 0 Å². The van der Waals surface area contributed by atoms with E-state index in [0.717, 1.165) is 12.2 Å². The van der Waals surface area contributed by atoms with Crippen LogP contribution in [0, 0.1) is 6.92 Å². The highest BCUT2D eigenvalue weighted by Gasteiger charge is 2.01. The predicted molar refractivity (Wildman–Crippen MR) is 79.2 cm³/mol. The number of aryl methyl sites for hydroxylation is 2. The zero-order valence-corrected chi connectivity index (χ0v) is 11.9. The van der Waals surface area contributed by atoms with E-state index in [2.05, 4.69) is 48.4 Å². The summed E-state index contributed by atoms with van der Waals surface area (Å²) in [7, 11) is 0. The molecule has 3 heteroatoms. The molecule has 0 saturated heterocycles. The van der Waals surface area contributed by atoms with E-state index in [0.29, 0.717) is 0 Å². The summed E-state index contributed by atoms with van der Waals surface area (Å²) in [5, 5.41) is 3.44. The summed E-state index contributed by atoms with van der Waals surface area (Å²) in [6.45, 7) is 5.15. The molecule has 2 aromatic rings. The molecular formula is C15H20N2S. The van der Waals surface area contributed by atoms with Gasteiger partial charge in [-0.15, -0.1) is 11.3 Å². The number of nitrogens with one attached hydrogen (secondary N) is 1. The fourth-order valence-electron chi connectivity index (χ4n) is 1.85. The summed E-state index contributed by atoms with van der Waals surface area (Å²) >= 11 is 1.71. The van der Waals surface area contributed by atoms with Crippen LogP contribution in [0.25, 0.3) is 0 Å². The van der Waals surface area contributed by atoms with Crippen molar-refractivity contribution in [1.29, 1.82) is 0 Å². The molecule has 18 heavy (non-hydrogen) atoms. The van der Waals surface area contributed by atoms with Gasteiger partial charge in [0.25, 0.3) is 0 Å². The van der Waals surface area contributed by atoms with Crippen LogP contribution >= 0.6 is 11.3 Å². The van der Waals surface area contributed by atoms with Crippen LogP contribution in [0.5, 0.6) is 0 Å². The smallest absolute Gasteiger partial charge is 0.0798 e. The van der Waals surface area contributed by atoms with E-state index in [1.54, 1.807) is 11.3 Å². The first-order valence-electron chi connectivity index (χ1n) is 6.51. The molecule has 1 aromatic carbocycles. The summed E-state index contributed by atoms with van der Waals surface area (Å²) in [6.07, 6.45) is 3.71. The van der Waals surface area contributed by atoms with Crippen molar-refractivity contribution in [2.75, 3.05) is 5.32 Å². The van der Waals surface area contributed by atoms with Gasteiger partial charge in [-0.25, -0.2) is 4.98 Å². The zero-order valence-electron chi connectivity index (χ0n) is 11.1. The topological polar surface area (TPSA) is 24.9 Å². The lowest BCUT2D eigenvalue weighted by atomic mass is 10.1. The van der Waals surface area contributed by atoms with Gasteiger partial charge in [0.15, 0.2) is 0 Å². The van der Waals surface area contributed by atoms with Crippen LogP contribution in [0.15, 0.2) is 29.8 Å². The molecule has 0 saturated carbocycles. The number of rotatable bonds is 6. The molecule has 0 amide bonds. The average molecular weight is 260 g/mol.